The molecule has 0 aromatic heterocycles. The molecule has 0 radical (unpaired) electrons. The van der Waals surface area contributed by atoms with Crippen molar-refractivity contribution >= 4 is 12.4 Å². The molecule has 1 aromatic carbocycles. The average Bonchev–Trinajstić information content (AvgIpc) is 2.35. The summed E-state index contributed by atoms with van der Waals surface area (Å²) in [4.78, 5) is 24.7. The lowest BCUT2D eigenvalue weighted by atomic mass is 9.88. The average molecular weight is 303 g/mol. The first-order chi connectivity index (χ1) is 10.3. The standard InChI is InChI=1S/C18H25NO3/c1-5-6-13-9-14(7-8-15(13)12-20)16-10-19(11-16)17(21)22-18(2,3)4/h7-9,12,16H,5-6,10-11H2,1-4H3. The van der Waals surface area contributed by atoms with E-state index in [1.54, 1.807) is 4.90 Å². The van der Waals surface area contributed by atoms with Crippen molar-refractivity contribution < 1.29 is 14.3 Å². The number of hydrogen-bond acceptors (Lipinski definition) is 3. The van der Waals surface area contributed by atoms with Gasteiger partial charge in [0.15, 0.2) is 0 Å². The molecule has 1 saturated heterocycles. The zero-order valence-electron chi connectivity index (χ0n) is 13.9. The molecule has 4 heteroatoms. The van der Waals surface area contributed by atoms with E-state index in [4.69, 9.17) is 4.74 Å². The number of likely N-dealkylation sites (tertiary alicyclic amines) is 1. The molecule has 1 aromatic rings. The minimum absolute atomic E-state index is 0.248. The first kappa shape index (κ1) is 16.5. The zero-order chi connectivity index (χ0) is 16.3. The number of benzene rings is 1. The number of carbonyl (C=O) groups is 2. The first-order valence-electron chi connectivity index (χ1n) is 7.90. The predicted molar refractivity (Wildman–Crippen MR) is 86.4 cm³/mol. The van der Waals surface area contributed by atoms with E-state index in [0.717, 1.165) is 30.3 Å². The maximum atomic E-state index is 11.9. The second-order valence-corrected chi connectivity index (χ2v) is 6.91. The number of rotatable bonds is 4. The van der Waals surface area contributed by atoms with Gasteiger partial charge in [-0.05, 0) is 38.3 Å². The van der Waals surface area contributed by atoms with Gasteiger partial charge in [-0.25, -0.2) is 4.79 Å². The van der Waals surface area contributed by atoms with Gasteiger partial charge >= 0.3 is 6.09 Å². The molecule has 1 aliphatic heterocycles. The summed E-state index contributed by atoms with van der Waals surface area (Å²) in [5.74, 6) is 0.337. The van der Waals surface area contributed by atoms with Crippen LogP contribution in [0.4, 0.5) is 4.79 Å². The first-order valence-corrected chi connectivity index (χ1v) is 7.90. The van der Waals surface area contributed by atoms with E-state index in [2.05, 4.69) is 13.0 Å². The Bertz CT molecular complexity index is 554. The third-order valence-electron chi connectivity index (χ3n) is 3.82. The van der Waals surface area contributed by atoms with Crippen LogP contribution in [-0.2, 0) is 11.2 Å². The van der Waals surface area contributed by atoms with Crippen LogP contribution >= 0.6 is 0 Å². The highest BCUT2D eigenvalue weighted by atomic mass is 16.6. The van der Waals surface area contributed by atoms with Gasteiger partial charge in [-0.3, -0.25) is 4.79 Å². The number of aldehydes is 1. The molecule has 1 aliphatic rings. The monoisotopic (exact) mass is 303 g/mol. The van der Waals surface area contributed by atoms with Gasteiger partial charge in [0.25, 0.3) is 0 Å². The van der Waals surface area contributed by atoms with Gasteiger partial charge in [0.05, 0.1) is 0 Å². The van der Waals surface area contributed by atoms with Crippen LogP contribution in [0.5, 0.6) is 0 Å². The van der Waals surface area contributed by atoms with Gasteiger partial charge in [0, 0.05) is 24.6 Å². The maximum Gasteiger partial charge on any atom is 0.410 e. The fraction of sp³-hybridized carbons (Fsp3) is 0.556. The van der Waals surface area contributed by atoms with Crippen LogP contribution in [0.25, 0.3) is 0 Å². The van der Waals surface area contributed by atoms with Gasteiger partial charge in [-0.2, -0.15) is 0 Å². The molecule has 0 unspecified atom stereocenters. The fourth-order valence-corrected chi connectivity index (χ4v) is 2.65. The Morgan fingerprint density at radius 3 is 2.59 bits per heavy atom. The molecule has 1 amide bonds. The molecular weight excluding hydrogens is 278 g/mol. The van der Waals surface area contributed by atoms with Crippen molar-refractivity contribution in [3.05, 3.63) is 34.9 Å². The quantitative estimate of drug-likeness (QED) is 0.795. The molecule has 22 heavy (non-hydrogen) atoms. The lowest BCUT2D eigenvalue weighted by Crippen LogP contribution is -2.50. The number of nitrogens with zero attached hydrogens (tertiary/aromatic N) is 1. The predicted octanol–water partition coefficient (Wildman–Crippen LogP) is 3.79. The summed E-state index contributed by atoms with van der Waals surface area (Å²) in [6.07, 6.45) is 2.59. The Kier molecular flexibility index (Phi) is 4.89. The van der Waals surface area contributed by atoms with Gasteiger partial charge in [-0.1, -0.05) is 31.5 Å². The van der Waals surface area contributed by atoms with Crippen LogP contribution < -0.4 is 0 Å². The number of carbonyl (C=O) groups excluding carboxylic acids is 2. The summed E-state index contributed by atoms with van der Waals surface area (Å²) in [5, 5.41) is 0. The van der Waals surface area contributed by atoms with Crippen molar-refractivity contribution in [2.75, 3.05) is 13.1 Å². The summed E-state index contributed by atoms with van der Waals surface area (Å²) < 4.78 is 5.37. The van der Waals surface area contributed by atoms with Crippen molar-refractivity contribution in [2.24, 2.45) is 0 Å². The van der Waals surface area contributed by atoms with Gasteiger partial charge in [-0.15, -0.1) is 0 Å². The van der Waals surface area contributed by atoms with Crippen LogP contribution in [0.3, 0.4) is 0 Å². The van der Waals surface area contributed by atoms with E-state index in [1.807, 2.05) is 32.9 Å². The summed E-state index contributed by atoms with van der Waals surface area (Å²) >= 11 is 0. The normalized spacial score (nSPS) is 15.4. The maximum absolute atomic E-state index is 11.9. The van der Waals surface area contributed by atoms with Crippen molar-refractivity contribution in [2.45, 2.75) is 52.1 Å². The number of aryl methyl sites for hydroxylation is 1. The van der Waals surface area contributed by atoms with E-state index in [9.17, 15) is 9.59 Å². The minimum atomic E-state index is -0.456. The molecular formula is C18H25NO3. The van der Waals surface area contributed by atoms with Crippen molar-refractivity contribution in [1.82, 2.24) is 4.90 Å². The molecule has 2 rings (SSSR count). The highest BCUT2D eigenvalue weighted by molar-refractivity contribution is 5.77. The largest absolute Gasteiger partial charge is 0.444 e. The van der Waals surface area contributed by atoms with E-state index in [1.165, 1.54) is 5.56 Å². The van der Waals surface area contributed by atoms with E-state index in [-0.39, 0.29) is 6.09 Å². The molecule has 120 valence electrons. The van der Waals surface area contributed by atoms with Crippen LogP contribution in [0.15, 0.2) is 18.2 Å². The summed E-state index contributed by atoms with van der Waals surface area (Å²) in [6.45, 7) is 9.09. The van der Waals surface area contributed by atoms with Crippen molar-refractivity contribution in [3.63, 3.8) is 0 Å². The molecule has 0 saturated carbocycles. The minimum Gasteiger partial charge on any atom is -0.444 e. The van der Waals surface area contributed by atoms with Crippen LogP contribution in [0.1, 0.15) is 61.5 Å². The summed E-state index contributed by atoms with van der Waals surface area (Å²) in [7, 11) is 0. The number of amides is 1. The molecule has 0 spiro atoms. The fourth-order valence-electron chi connectivity index (χ4n) is 2.65. The summed E-state index contributed by atoms with van der Waals surface area (Å²) in [6, 6.07) is 6.01. The number of hydrogen-bond donors (Lipinski definition) is 0. The third-order valence-corrected chi connectivity index (χ3v) is 3.82. The van der Waals surface area contributed by atoms with Crippen LogP contribution in [0, 0.1) is 0 Å². The Balaban J connectivity index is 2.00. The SMILES string of the molecule is CCCc1cc(C2CN(C(=O)OC(C)(C)C)C2)ccc1C=O. The van der Waals surface area contributed by atoms with Gasteiger partial charge in [0.2, 0.25) is 0 Å². The Hall–Kier alpha value is -1.84. The Morgan fingerprint density at radius 2 is 2.05 bits per heavy atom. The zero-order valence-corrected chi connectivity index (χ0v) is 13.9. The molecule has 1 heterocycles. The van der Waals surface area contributed by atoms with Crippen molar-refractivity contribution in [3.8, 4) is 0 Å². The van der Waals surface area contributed by atoms with Crippen LogP contribution in [-0.4, -0.2) is 36.0 Å². The van der Waals surface area contributed by atoms with E-state index in [0.29, 0.717) is 19.0 Å². The highest BCUT2D eigenvalue weighted by Crippen LogP contribution is 2.29. The smallest absolute Gasteiger partial charge is 0.410 e. The molecule has 1 fully saturated rings. The molecule has 0 bridgehead atoms. The molecule has 0 atom stereocenters. The second-order valence-electron chi connectivity index (χ2n) is 6.91. The molecule has 4 nitrogen and oxygen atoms in total. The summed E-state index contributed by atoms with van der Waals surface area (Å²) in [5.41, 5.74) is 2.62. The Morgan fingerprint density at radius 1 is 1.36 bits per heavy atom. The van der Waals surface area contributed by atoms with Crippen LogP contribution in [0.2, 0.25) is 0 Å². The van der Waals surface area contributed by atoms with E-state index < -0.39 is 5.60 Å². The van der Waals surface area contributed by atoms with Crippen molar-refractivity contribution in [1.29, 1.82) is 0 Å². The molecule has 0 N–H and O–H groups in total. The topological polar surface area (TPSA) is 46.6 Å². The van der Waals surface area contributed by atoms with Gasteiger partial charge in [0.1, 0.15) is 11.9 Å². The number of ether oxygens (including phenoxy) is 1. The van der Waals surface area contributed by atoms with Gasteiger partial charge < -0.3 is 9.64 Å². The highest BCUT2D eigenvalue weighted by Gasteiger charge is 2.34. The lowest BCUT2D eigenvalue weighted by Gasteiger charge is -2.40. The molecule has 0 aliphatic carbocycles. The van der Waals surface area contributed by atoms with E-state index >= 15 is 0 Å². The Labute approximate surface area is 132 Å². The lowest BCUT2D eigenvalue weighted by molar-refractivity contribution is 0.00819. The third kappa shape index (κ3) is 3.87. The second kappa shape index (κ2) is 6.51.